The van der Waals surface area contributed by atoms with E-state index in [0.717, 1.165) is 48.8 Å². The van der Waals surface area contributed by atoms with Crippen LogP contribution >= 0.6 is 0 Å². The maximum absolute atomic E-state index is 13.1. The first-order chi connectivity index (χ1) is 12.4. The van der Waals surface area contributed by atoms with Crippen molar-refractivity contribution in [2.75, 3.05) is 13.1 Å². The Morgan fingerprint density at radius 2 is 1.69 bits per heavy atom. The van der Waals surface area contributed by atoms with Gasteiger partial charge in [0.05, 0.1) is 11.3 Å². The maximum atomic E-state index is 13.1. The third-order valence-corrected chi connectivity index (χ3v) is 5.11. The van der Waals surface area contributed by atoms with Crippen molar-refractivity contribution >= 4 is 5.57 Å². The fourth-order valence-electron chi connectivity index (χ4n) is 3.85. The van der Waals surface area contributed by atoms with Crippen LogP contribution in [0.4, 0.5) is 13.2 Å². The van der Waals surface area contributed by atoms with Gasteiger partial charge in [-0.3, -0.25) is 4.98 Å². The van der Waals surface area contributed by atoms with E-state index in [-0.39, 0.29) is 5.75 Å². The van der Waals surface area contributed by atoms with Crippen LogP contribution in [0.1, 0.15) is 40.8 Å². The van der Waals surface area contributed by atoms with Gasteiger partial charge in [-0.05, 0) is 73.7 Å². The molecule has 0 unspecified atom stereocenters. The van der Waals surface area contributed by atoms with Crippen molar-refractivity contribution in [1.82, 2.24) is 10.3 Å². The van der Waals surface area contributed by atoms with Gasteiger partial charge in [-0.2, -0.15) is 13.2 Å². The second kappa shape index (κ2) is 6.43. The lowest BCUT2D eigenvalue weighted by molar-refractivity contribution is -0.137. The van der Waals surface area contributed by atoms with Crippen LogP contribution in [0.3, 0.4) is 0 Å². The molecule has 0 radical (unpaired) electrons. The summed E-state index contributed by atoms with van der Waals surface area (Å²) in [5, 5.41) is 13.2. The summed E-state index contributed by atoms with van der Waals surface area (Å²) in [4.78, 5) is 4.26. The highest BCUT2D eigenvalue weighted by Gasteiger charge is 2.33. The number of benzene rings is 1. The Kier molecular flexibility index (Phi) is 4.23. The molecule has 3 nitrogen and oxygen atoms in total. The molecule has 1 aliphatic carbocycles. The zero-order valence-electron chi connectivity index (χ0n) is 14.2. The number of alkyl halides is 3. The quantitative estimate of drug-likeness (QED) is 0.744. The number of pyridine rings is 1. The standard InChI is InChI=1S/C20H19F3N2O/c21-20(22,23)15-9-14-2-1-13-10-16(26)3-4-17(13)18(19(14)25-11-15)12-5-7-24-8-6-12/h3-4,9-11,24,26H,1-2,5-8H2. The molecule has 0 atom stereocenters. The molecule has 1 aromatic carbocycles. The molecule has 0 bridgehead atoms. The topological polar surface area (TPSA) is 45.2 Å². The predicted molar refractivity (Wildman–Crippen MR) is 92.9 cm³/mol. The molecule has 4 rings (SSSR count). The van der Waals surface area contributed by atoms with Crippen LogP contribution in [-0.4, -0.2) is 23.2 Å². The summed E-state index contributed by atoms with van der Waals surface area (Å²) < 4.78 is 39.4. The number of nitrogens with zero attached hydrogens (tertiary/aromatic N) is 1. The number of hydrogen-bond donors (Lipinski definition) is 2. The van der Waals surface area contributed by atoms with Crippen LogP contribution in [-0.2, 0) is 19.0 Å². The van der Waals surface area contributed by atoms with Gasteiger partial charge in [0, 0.05) is 11.8 Å². The van der Waals surface area contributed by atoms with Crippen LogP contribution in [0.2, 0.25) is 0 Å². The monoisotopic (exact) mass is 360 g/mol. The van der Waals surface area contributed by atoms with Crippen molar-refractivity contribution in [2.45, 2.75) is 31.9 Å². The lowest BCUT2D eigenvalue weighted by Gasteiger charge is -2.22. The first-order valence-electron chi connectivity index (χ1n) is 8.75. The van der Waals surface area contributed by atoms with Gasteiger partial charge in [-0.1, -0.05) is 11.6 Å². The summed E-state index contributed by atoms with van der Waals surface area (Å²) in [6.07, 6.45) is -0.727. The molecule has 2 N–H and O–H groups in total. The largest absolute Gasteiger partial charge is 0.508 e. The molecule has 1 aliphatic heterocycles. The minimum Gasteiger partial charge on any atom is -0.508 e. The number of aromatic hydroxyl groups is 1. The second-order valence-corrected chi connectivity index (χ2v) is 6.80. The first-order valence-corrected chi connectivity index (χ1v) is 8.75. The zero-order chi connectivity index (χ0) is 18.3. The number of phenols is 1. The Morgan fingerprint density at radius 3 is 2.42 bits per heavy atom. The number of fused-ring (bicyclic) bond motifs is 2. The van der Waals surface area contributed by atoms with Gasteiger partial charge in [0.15, 0.2) is 0 Å². The highest BCUT2D eigenvalue weighted by Crippen LogP contribution is 2.39. The van der Waals surface area contributed by atoms with Crippen LogP contribution in [0.5, 0.6) is 5.75 Å². The summed E-state index contributed by atoms with van der Waals surface area (Å²) in [7, 11) is 0. The third kappa shape index (κ3) is 3.09. The Labute approximate surface area is 149 Å². The molecule has 0 amide bonds. The highest BCUT2D eigenvalue weighted by molar-refractivity contribution is 5.84. The van der Waals surface area contributed by atoms with E-state index in [1.807, 2.05) is 6.07 Å². The fraction of sp³-hybridized carbons (Fsp3) is 0.350. The van der Waals surface area contributed by atoms with Crippen molar-refractivity contribution in [1.29, 1.82) is 0 Å². The van der Waals surface area contributed by atoms with E-state index in [4.69, 9.17) is 0 Å². The number of rotatable bonds is 0. The van der Waals surface area contributed by atoms with Gasteiger partial charge in [0.2, 0.25) is 0 Å². The van der Waals surface area contributed by atoms with E-state index in [1.165, 1.54) is 11.6 Å². The Bertz CT molecular complexity index is 879. The third-order valence-electron chi connectivity index (χ3n) is 5.11. The van der Waals surface area contributed by atoms with E-state index < -0.39 is 11.7 Å². The second-order valence-electron chi connectivity index (χ2n) is 6.80. The number of halogens is 3. The number of aromatic nitrogens is 1. The molecule has 1 aromatic heterocycles. The maximum Gasteiger partial charge on any atom is 0.417 e. The van der Waals surface area contributed by atoms with Gasteiger partial charge in [-0.25, -0.2) is 0 Å². The van der Waals surface area contributed by atoms with Crippen LogP contribution in [0.15, 0.2) is 36.0 Å². The Balaban J connectivity index is 1.94. The average molecular weight is 360 g/mol. The molecule has 6 heteroatoms. The lowest BCUT2D eigenvalue weighted by atomic mass is 9.89. The van der Waals surface area contributed by atoms with Crippen molar-refractivity contribution in [3.8, 4) is 5.75 Å². The van der Waals surface area contributed by atoms with Gasteiger partial charge in [0.25, 0.3) is 0 Å². The van der Waals surface area contributed by atoms with Gasteiger partial charge in [0.1, 0.15) is 5.75 Å². The highest BCUT2D eigenvalue weighted by atomic mass is 19.4. The summed E-state index contributed by atoms with van der Waals surface area (Å²) in [5.41, 5.74) is 4.66. The van der Waals surface area contributed by atoms with Gasteiger partial charge in [-0.15, -0.1) is 0 Å². The van der Waals surface area contributed by atoms with Crippen LogP contribution in [0, 0.1) is 0 Å². The molecule has 26 heavy (non-hydrogen) atoms. The average Bonchev–Trinajstić information content (AvgIpc) is 2.77. The molecule has 1 fully saturated rings. The van der Waals surface area contributed by atoms with Crippen molar-refractivity contribution < 1.29 is 18.3 Å². The van der Waals surface area contributed by atoms with E-state index in [0.29, 0.717) is 24.1 Å². The Morgan fingerprint density at radius 1 is 0.962 bits per heavy atom. The Hall–Kier alpha value is -2.34. The molecule has 136 valence electrons. The number of phenolic OH excluding ortho intramolecular Hbond substituents is 1. The molecule has 0 saturated carbocycles. The summed E-state index contributed by atoms with van der Waals surface area (Å²) in [6.45, 7) is 1.70. The lowest BCUT2D eigenvalue weighted by Crippen LogP contribution is -2.24. The number of piperidine rings is 1. The van der Waals surface area contributed by atoms with E-state index >= 15 is 0 Å². The predicted octanol–water partition coefficient (Wildman–Crippen LogP) is 4.09. The zero-order valence-corrected chi connectivity index (χ0v) is 14.2. The summed E-state index contributed by atoms with van der Waals surface area (Å²) in [6, 6.07) is 6.45. The molecular formula is C20H19F3N2O. The minimum atomic E-state index is -4.40. The fourth-order valence-corrected chi connectivity index (χ4v) is 3.85. The smallest absolute Gasteiger partial charge is 0.417 e. The molecule has 2 heterocycles. The summed E-state index contributed by atoms with van der Waals surface area (Å²) in [5.74, 6) is 0.174. The van der Waals surface area contributed by atoms with E-state index in [9.17, 15) is 18.3 Å². The van der Waals surface area contributed by atoms with E-state index in [1.54, 1.807) is 12.1 Å². The van der Waals surface area contributed by atoms with Gasteiger partial charge < -0.3 is 10.4 Å². The first kappa shape index (κ1) is 17.1. The van der Waals surface area contributed by atoms with Crippen LogP contribution < -0.4 is 5.32 Å². The number of nitrogens with one attached hydrogen (secondary N) is 1. The van der Waals surface area contributed by atoms with E-state index in [2.05, 4.69) is 10.3 Å². The van der Waals surface area contributed by atoms with Gasteiger partial charge >= 0.3 is 6.18 Å². The van der Waals surface area contributed by atoms with Crippen molar-refractivity contribution in [2.24, 2.45) is 0 Å². The number of hydrogen-bond acceptors (Lipinski definition) is 3. The molecule has 0 spiro atoms. The normalized spacial score (nSPS) is 17.5. The SMILES string of the molecule is Oc1ccc2c(c1)CCc1cc(C(F)(F)F)cnc1C2=C1CCNCC1. The number of aryl methyl sites for hydroxylation is 2. The van der Waals surface area contributed by atoms with Crippen LogP contribution in [0.25, 0.3) is 5.57 Å². The summed E-state index contributed by atoms with van der Waals surface area (Å²) >= 11 is 0. The molecule has 2 aliphatic rings. The van der Waals surface area contributed by atoms with Crippen molar-refractivity contribution in [3.05, 3.63) is 64.0 Å². The minimum absolute atomic E-state index is 0.174. The molecular weight excluding hydrogens is 341 g/mol. The molecule has 1 saturated heterocycles. The van der Waals surface area contributed by atoms with Crippen molar-refractivity contribution in [3.63, 3.8) is 0 Å². The molecule has 2 aromatic rings.